The molecule has 6 atom stereocenters. The van der Waals surface area contributed by atoms with Crippen molar-refractivity contribution in [3.8, 4) is 0 Å². The predicted molar refractivity (Wildman–Crippen MR) is 117 cm³/mol. The first-order valence-corrected chi connectivity index (χ1v) is 12.4. The smallest absolute Gasteiger partial charge is 0.236 e. The predicted octanol–water partition coefficient (Wildman–Crippen LogP) is 6.18. The second-order valence-electron chi connectivity index (χ2n) is 9.55. The highest BCUT2D eigenvalue weighted by atomic mass is 35.5. The molecule has 5 rings (SSSR count). The van der Waals surface area contributed by atoms with Crippen LogP contribution in [0.25, 0.3) is 0 Å². The maximum absolute atomic E-state index is 13.5. The summed E-state index contributed by atoms with van der Waals surface area (Å²) in [5, 5.41) is 0.316. The Bertz CT molecular complexity index is 854. The molecule has 2 bridgehead atoms. The van der Waals surface area contributed by atoms with Crippen molar-refractivity contribution in [3.63, 3.8) is 0 Å². The first-order chi connectivity index (χ1) is 13.4. The molecule has 29 heavy (non-hydrogen) atoms. The number of hydrogen-bond donors (Lipinski definition) is 0. The fourth-order valence-electron chi connectivity index (χ4n) is 6.77. The molecule has 1 heterocycles. The summed E-state index contributed by atoms with van der Waals surface area (Å²) in [5.41, 5.74) is -0.858. The van der Waals surface area contributed by atoms with Gasteiger partial charge in [0.15, 0.2) is 4.33 Å². The minimum atomic E-state index is -1.63. The van der Waals surface area contributed by atoms with Gasteiger partial charge in [-0.3, -0.25) is 14.5 Å². The minimum absolute atomic E-state index is 0.0110. The Balaban J connectivity index is 1.57. The van der Waals surface area contributed by atoms with Crippen LogP contribution in [0.1, 0.15) is 51.9 Å². The van der Waals surface area contributed by atoms with Gasteiger partial charge in [-0.05, 0) is 44.4 Å². The summed E-state index contributed by atoms with van der Waals surface area (Å²) < 4.78 is -1.63. The molecule has 2 amide bonds. The lowest BCUT2D eigenvalue weighted by atomic mass is 9.58. The lowest BCUT2D eigenvalue weighted by Gasteiger charge is -2.46. The van der Waals surface area contributed by atoms with E-state index in [2.05, 4.69) is 0 Å². The molecule has 1 aliphatic heterocycles. The Hall–Kier alpha value is 0.620. The number of carbonyl (C=O) groups is 2. The average molecular weight is 520 g/mol. The molecule has 9 heteroatoms. The van der Waals surface area contributed by atoms with Crippen LogP contribution in [0.2, 0.25) is 0 Å². The molecule has 160 valence electrons. The van der Waals surface area contributed by atoms with Crippen LogP contribution >= 0.6 is 69.6 Å². The van der Waals surface area contributed by atoms with E-state index in [0.29, 0.717) is 12.8 Å². The molecule has 0 aromatic carbocycles. The molecule has 4 fully saturated rings. The molecule has 1 saturated heterocycles. The van der Waals surface area contributed by atoms with Gasteiger partial charge in [0.05, 0.1) is 21.4 Å². The standard InChI is InChI=1S/C20H21Cl6NO2/c1-17-8-12-10(18(23)13(21)14(22)19(12,24)20(18,25)26)7-11(17)15(28)27(16(17)29)9-5-3-2-4-6-9/h9-12H,2-8H2,1H3/t10-,11+,12+,17+,18+,19+/m0/s1. The van der Waals surface area contributed by atoms with Crippen LogP contribution < -0.4 is 0 Å². The molecule has 0 N–H and O–H groups in total. The molecule has 3 saturated carbocycles. The summed E-state index contributed by atoms with van der Waals surface area (Å²) in [6.07, 6.45) is 5.71. The fourth-order valence-corrected chi connectivity index (χ4v) is 9.86. The summed E-state index contributed by atoms with van der Waals surface area (Å²) in [4.78, 5) is 25.8. The van der Waals surface area contributed by atoms with Gasteiger partial charge >= 0.3 is 0 Å². The van der Waals surface area contributed by atoms with Gasteiger partial charge in [-0.1, -0.05) is 65.7 Å². The summed E-state index contributed by atoms with van der Waals surface area (Å²) in [6, 6.07) is -0.0110. The van der Waals surface area contributed by atoms with Crippen molar-refractivity contribution >= 4 is 81.4 Å². The average Bonchev–Trinajstić information content (AvgIpc) is 3.01. The van der Waals surface area contributed by atoms with Crippen molar-refractivity contribution in [1.29, 1.82) is 0 Å². The molecular formula is C20H21Cl6NO2. The van der Waals surface area contributed by atoms with Crippen LogP contribution in [-0.2, 0) is 9.59 Å². The van der Waals surface area contributed by atoms with E-state index in [1.807, 2.05) is 6.92 Å². The van der Waals surface area contributed by atoms with E-state index in [1.54, 1.807) is 4.90 Å². The first kappa shape index (κ1) is 21.5. The first-order valence-electron chi connectivity index (χ1n) is 10.1. The van der Waals surface area contributed by atoms with Crippen molar-refractivity contribution in [2.45, 2.75) is 72.0 Å². The number of halogens is 6. The van der Waals surface area contributed by atoms with Gasteiger partial charge in [0.1, 0.15) is 9.75 Å². The number of likely N-dealkylation sites (tertiary alicyclic amines) is 1. The molecule has 0 aromatic rings. The summed E-state index contributed by atoms with van der Waals surface area (Å²) >= 11 is 40.4. The van der Waals surface area contributed by atoms with E-state index in [9.17, 15) is 9.59 Å². The number of amides is 2. The van der Waals surface area contributed by atoms with E-state index in [0.717, 1.165) is 32.1 Å². The Morgan fingerprint density at radius 1 is 0.897 bits per heavy atom. The Kier molecular flexibility index (Phi) is 4.70. The van der Waals surface area contributed by atoms with E-state index < -0.39 is 25.4 Å². The molecule has 0 radical (unpaired) electrons. The monoisotopic (exact) mass is 517 g/mol. The fraction of sp³-hybridized carbons (Fsp3) is 0.800. The van der Waals surface area contributed by atoms with Gasteiger partial charge in [0.2, 0.25) is 11.8 Å². The summed E-state index contributed by atoms with van der Waals surface area (Å²) in [7, 11) is 0. The number of alkyl halides is 4. The van der Waals surface area contributed by atoms with Gasteiger partial charge in [-0.25, -0.2) is 0 Å². The maximum Gasteiger partial charge on any atom is 0.236 e. The number of rotatable bonds is 1. The number of carbonyl (C=O) groups excluding carboxylic acids is 2. The van der Waals surface area contributed by atoms with Crippen LogP contribution in [0.5, 0.6) is 0 Å². The second kappa shape index (κ2) is 6.35. The summed E-state index contributed by atoms with van der Waals surface area (Å²) in [6.45, 7) is 1.87. The normalized spacial score (nSPS) is 49.1. The van der Waals surface area contributed by atoms with Crippen molar-refractivity contribution in [1.82, 2.24) is 4.90 Å². The van der Waals surface area contributed by atoms with E-state index in [4.69, 9.17) is 69.6 Å². The lowest BCUT2D eigenvalue weighted by Crippen LogP contribution is -2.49. The molecule has 0 spiro atoms. The third kappa shape index (κ3) is 2.22. The van der Waals surface area contributed by atoms with Gasteiger partial charge < -0.3 is 0 Å². The minimum Gasteiger partial charge on any atom is -0.279 e. The van der Waals surface area contributed by atoms with Crippen molar-refractivity contribution < 1.29 is 9.59 Å². The topological polar surface area (TPSA) is 37.4 Å². The third-order valence-corrected chi connectivity index (χ3v) is 12.7. The Morgan fingerprint density at radius 2 is 1.45 bits per heavy atom. The molecule has 0 unspecified atom stereocenters. The quantitative estimate of drug-likeness (QED) is 0.306. The molecule has 5 aliphatic rings. The highest BCUT2D eigenvalue weighted by Gasteiger charge is 2.84. The molecular weight excluding hydrogens is 499 g/mol. The number of allylic oxidation sites excluding steroid dienone is 2. The zero-order valence-electron chi connectivity index (χ0n) is 15.8. The van der Waals surface area contributed by atoms with Crippen LogP contribution in [-0.4, -0.2) is 36.8 Å². The van der Waals surface area contributed by atoms with Crippen LogP contribution in [0.4, 0.5) is 0 Å². The Labute approximate surface area is 200 Å². The van der Waals surface area contributed by atoms with Gasteiger partial charge in [-0.15, -0.1) is 23.2 Å². The largest absolute Gasteiger partial charge is 0.279 e. The van der Waals surface area contributed by atoms with Gasteiger partial charge in [0, 0.05) is 6.04 Å². The van der Waals surface area contributed by atoms with Crippen LogP contribution in [0.15, 0.2) is 10.1 Å². The van der Waals surface area contributed by atoms with Crippen LogP contribution in [0.3, 0.4) is 0 Å². The van der Waals surface area contributed by atoms with E-state index in [-0.39, 0.29) is 39.8 Å². The SMILES string of the molecule is C[C@@]12C[C@@H]3[C@H](C[C@@H]1C(=O)N(C1CCCCC1)C2=O)[C@@]1(Cl)C(Cl)=C(Cl)[C@@]3(Cl)C1(Cl)Cl. The molecule has 3 nitrogen and oxygen atoms in total. The number of nitrogens with zero attached hydrogens (tertiary/aromatic N) is 1. The van der Waals surface area contributed by atoms with E-state index in [1.165, 1.54) is 0 Å². The van der Waals surface area contributed by atoms with Crippen molar-refractivity contribution in [2.24, 2.45) is 23.2 Å². The van der Waals surface area contributed by atoms with Crippen LogP contribution in [0, 0.1) is 23.2 Å². The van der Waals surface area contributed by atoms with Gasteiger partial charge in [0.25, 0.3) is 0 Å². The molecule has 0 aromatic heterocycles. The number of hydrogen-bond acceptors (Lipinski definition) is 2. The summed E-state index contributed by atoms with van der Waals surface area (Å²) in [5.74, 6) is -1.37. The zero-order chi connectivity index (χ0) is 21.1. The van der Waals surface area contributed by atoms with Crippen molar-refractivity contribution in [2.75, 3.05) is 0 Å². The highest BCUT2D eigenvalue weighted by Crippen LogP contribution is 2.80. The second-order valence-corrected chi connectivity index (χ2v) is 12.8. The zero-order valence-corrected chi connectivity index (χ0v) is 20.3. The van der Waals surface area contributed by atoms with Crippen molar-refractivity contribution in [3.05, 3.63) is 10.1 Å². The Morgan fingerprint density at radius 3 is 2.03 bits per heavy atom. The third-order valence-electron chi connectivity index (χ3n) is 8.34. The maximum atomic E-state index is 13.5. The highest BCUT2D eigenvalue weighted by molar-refractivity contribution is 6.65. The van der Waals surface area contributed by atoms with E-state index >= 15 is 0 Å². The number of imide groups is 1. The molecule has 4 aliphatic carbocycles. The number of fused-ring (bicyclic) bond motifs is 6. The van der Waals surface area contributed by atoms with Gasteiger partial charge in [-0.2, -0.15) is 0 Å². The lowest BCUT2D eigenvalue weighted by molar-refractivity contribution is -0.145.